The average Bonchev–Trinajstić information content (AvgIpc) is 3.45. The number of carbonyl (C=O) groups excluding carboxylic acids is 2. The molecule has 2 aromatic heterocycles. The second-order valence-electron chi connectivity index (χ2n) is 12.4. The molecule has 0 bridgehead atoms. The van der Waals surface area contributed by atoms with E-state index in [0.717, 1.165) is 62.0 Å². The Morgan fingerprint density at radius 2 is 1.86 bits per heavy atom. The number of amides is 2. The number of ether oxygens (including phenoxy) is 1. The number of rotatable bonds is 9. The van der Waals surface area contributed by atoms with Gasteiger partial charge in [0.05, 0.1) is 17.7 Å². The molecule has 0 radical (unpaired) electrons. The number of hydrogen-bond acceptors (Lipinski definition) is 7. The first-order valence-corrected chi connectivity index (χ1v) is 16.1. The Hall–Kier alpha value is -3.98. The SMILES string of the molecule is CCOc1cc(N2CCN(C(=O)C3(c4ccccc4)CCC3)C[C@H]2CC)c(C(=O)N[C@@H]2CCN(C)C2)nc1-c1cccnc1. The zero-order chi connectivity index (χ0) is 30.7. The Balaban J connectivity index is 1.33. The number of nitrogens with one attached hydrogen (secondary N) is 1. The molecule has 3 aromatic rings. The van der Waals surface area contributed by atoms with Gasteiger partial charge in [-0.2, -0.15) is 0 Å². The van der Waals surface area contributed by atoms with Crippen molar-refractivity contribution in [3.8, 4) is 17.0 Å². The van der Waals surface area contributed by atoms with Gasteiger partial charge in [-0.15, -0.1) is 0 Å². The van der Waals surface area contributed by atoms with Crippen molar-refractivity contribution in [1.82, 2.24) is 25.1 Å². The molecule has 44 heavy (non-hydrogen) atoms. The smallest absolute Gasteiger partial charge is 0.272 e. The van der Waals surface area contributed by atoms with Gasteiger partial charge in [-0.25, -0.2) is 4.98 Å². The van der Waals surface area contributed by atoms with Crippen LogP contribution in [-0.2, 0) is 10.2 Å². The summed E-state index contributed by atoms with van der Waals surface area (Å²) in [6.07, 6.45) is 8.07. The van der Waals surface area contributed by atoms with Crippen LogP contribution in [0.25, 0.3) is 11.3 Å². The van der Waals surface area contributed by atoms with E-state index in [1.165, 1.54) is 0 Å². The number of pyridine rings is 2. The molecule has 6 rings (SSSR count). The highest BCUT2D eigenvalue weighted by molar-refractivity contribution is 5.99. The van der Waals surface area contributed by atoms with Crippen molar-refractivity contribution in [1.29, 1.82) is 0 Å². The zero-order valence-corrected chi connectivity index (χ0v) is 26.2. The molecule has 232 valence electrons. The van der Waals surface area contributed by atoms with E-state index in [2.05, 4.69) is 51.1 Å². The second-order valence-corrected chi connectivity index (χ2v) is 12.4. The van der Waals surface area contributed by atoms with Gasteiger partial charge in [-0.05, 0) is 63.9 Å². The Labute approximate surface area is 260 Å². The van der Waals surface area contributed by atoms with Crippen LogP contribution in [-0.4, -0.2) is 90.0 Å². The van der Waals surface area contributed by atoms with Crippen molar-refractivity contribution in [2.75, 3.05) is 51.3 Å². The fourth-order valence-corrected chi connectivity index (χ4v) is 7.08. The first-order chi connectivity index (χ1) is 21.4. The predicted octanol–water partition coefficient (Wildman–Crippen LogP) is 4.53. The summed E-state index contributed by atoms with van der Waals surface area (Å²) >= 11 is 0. The monoisotopic (exact) mass is 596 g/mol. The number of carbonyl (C=O) groups is 2. The molecule has 0 unspecified atom stereocenters. The van der Waals surface area contributed by atoms with Crippen LogP contribution in [0.3, 0.4) is 0 Å². The first-order valence-electron chi connectivity index (χ1n) is 16.1. The van der Waals surface area contributed by atoms with Gasteiger partial charge in [0, 0.05) is 62.3 Å². The molecule has 4 heterocycles. The maximum atomic E-state index is 14.1. The van der Waals surface area contributed by atoms with E-state index in [-0.39, 0.29) is 23.9 Å². The molecule has 1 aliphatic carbocycles. The Kier molecular flexibility index (Phi) is 8.84. The average molecular weight is 597 g/mol. The van der Waals surface area contributed by atoms with Crippen molar-refractivity contribution in [2.45, 2.75) is 63.5 Å². The lowest BCUT2D eigenvalue weighted by atomic mass is 9.63. The molecule has 3 fully saturated rings. The van der Waals surface area contributed by atoms with Gasteiger partial charge in [-0.1, -0.05) is 43.7 Å². The first kappa shape index (κ1) is 30.1. The van der Waals surface area contributed by atoms with Crippen LogP contribution < -0.4 is 15.0 Å². The molecule has 2 amide bonds. The normalized spacial score (nSPS) is 21.5. The number of anilines is 1. The lowest BCUT2D eigenvalue weighted by molar-refractivity contribution is -0.141. The molecule has 1 saturated carbocycles. The van der Waals surface area contributed by atoms with Gasteiger partial charge in [0.2, 0.25) is 5.91 Å². The molecule has 1 aromatic carbocycles. The van der Waals surface area contributed by atoms with Crippen molar-refractivity contribution >= 4 is 17.5 Å². The second kappa shape index (κ2) is 12.9. The third kappa shape index (κ3) is 5.77. The molecule has 9 heteroatoms. The number of likely N-dealkylation sites (N-methyl/N-ethyl adjacent to an activating group) is 1. The van der Waals surface area contributed by atoms with E-state index in [1.54, 1.807) is 12.4 Å². The third-order valence-electron chi connectivity index (χ3n) is 9.64. The largest absolute Gasteiger partial charge is 0.492 e. The minimum absolute atomic E-state index is 0.0327. The Morgan fingerprint density at radius 3 is 2.50 bits per heavy atom. The van der Waals surface area contributed by atoms with E-state index >= 15 is 0 Å². The summed E-state index contributed by atoms with van der Waals surface area (Å²) in [7, 11) is 2.07. The van der Waals surface area contributed by atoms with Crippen molar-refractivity contribution in [3.63, 3.8) is 0 Å². The topological polar surface area (TPSA) is 90.9 Å². The molecule has 0 spiro atoms. The third-order valence-corrected chi connectivity index (χ3v) is 9.64. The van der Waals surface area contributed by atoms with Crippen LogP contribution >= 0.6 is 0 Å². The molecular formula is C35H44N6O3. The van der Waals surface area contributed by atoms with E-state index in [4.69, 9.17) is 9.72 Å². The summed E-state index contributed by atoms with van der Waals surface area (Å²) in [6, 6.07) is 16.2. The number of aromatic nitrogens is 2. The number of likely N-dealkylation sites (tertiary alicyclic amines) is 1. The summed E-state index contributed by atoms with van der Waals surface area (Å²) in [5, 5.41) is 3.26. The molecule has 2 atom stereocenters. The van der Waals surface area contributed by atoms with Gasteiger partial charge in [0.15, 0.2) is 5.69 Å². The molecular weight excluding hydrogens is 552 g/mol. The van der Waals surface area contributed by atoms with Crippen LogP contribution in [0.15, 0.2) is 60.9 Å². The highest BCUT2D eigenvalue weighted by Crippen LogP contribution is 2.46. The summed E-state index contributed by atoms with van der Waals surface area (Å²) in [5.41, 5.74) is 3.25. The van der Waals surface area contributed by atoms with Crippen LogP contribution in [0.5, 0.6) is 5.75 Å². The summed E-state index contributed by atoms with van der Waals surface area (Å²) < 4.78 is 6.13. The fraction of sp³-hybridized carbons (Fsp3) is 0.486. The lowest BCUT2D eigenvalue weighted by Gasteiger charge is -2.48. The van der Waals surface area contributed by atoms with E-state index in [0.29, 0.717) is 43.4 Å². The summed E-state index contributed by atoms with van der Waals surface area (Å²) in [6.45, 7) is 8.14. The molecule has 9 nitrogen and oxygen atoms in total. The number of nitrogens with zero attached hydrogens (tertiary/aromatic N) is 5. The molecule has 2 aliphatic heterocycles. The van der Waals surface area contributed by atoms with Gasteiger partial charge >= 0.3 is 0 Å². The summed E-state index contributed by atoms with van der Waals surface area (Å²) in [4.78, 5) is 44.0. The van der Waals surface area contributed by atoms with Gasteiger partial charge in [0.25, 0.3) is 5.91 Å². The number of benzene rings is 1. The molecule has 2 saturated heterocycles. The van der Waals surface area contributed by atoms with Gasteiger partial charge in [-0.3, -0.25) is 14.6 Å². The van der Waals surface area contributed by atoms with Crippen molar-refractivity contribution in [3.05, 3.63) is 72.2 Å². The van der Waals surface area contributed by atoms with E-state index < -0.39 is 5.41 Å². The maximum Gasteiger partial charge on any atom is 0.272 e. The quantitative estimate of drug-likeness (QED) is 0.388. The van der Waals surface area contributed by atoms with E-state index in [1.807, 2.05) is 43.3 Å². The lowest BCUT2D eigenvalue weighted by Crippen LogP contribution is -2.60. The maximum absolute atomic E-state index is 14.1. The molecule has 3 aliphatic rings. The van der Waals surface area contributed by atoms with Crippen LogP contribution in [0, 0.1) is 0 Å². The van der Waals surface area contributed by atoms with Gasteiger partial charge in [0.1, 0.15) is 11.4 Å². The Morgan fingerprint density at radius 1 is 1.05 bits per heavy atom. The van der Waals surface area contributed by atoms with Crippen LogP contribution in [0.1, 0.15) is 62.0 Å². The highest BCUT2D eigenvalue weighted by Gasteiger charge is 2.48. The molecule has 1 N–H and O–H groups in total. The van der Waals surface area contributed by atoms with Crippen molar-refractivity contribution < 1.29 is 14.3 Å². The number of piperazine rings is 1. The van der Waals surface area contributed by atoms with Crippen LogP contribution in [0.2, 0.25) is 0 Å². The van der Waals surface area contributed by atoms with Crippen LogP contribution in [0.4, 0.5) is 5.69 Å². The Bertz CT molecular complexity index is 1460. The minimum Gasteiger partial charge on any atom is -0.492 e. The highest BCUT2D eigenvalue weighted by atomic mass is 16.5. The minimum atomic E-state index is -0.420. The summed E-state index contributed by atoms with van der Waals surface area (Å²) in [5.74, 6) is 0.675. The van der Waals surface area contributed by atoms with Crippen molar-refractivity contribution in [2.24, 2.45) is 0 Å². The van der Waals surface area contributed by atoms with E-state index in [9.17, 15) is 9.59 Å². The number of hydrogen-bond donors (Lipinski definition) is 1. The van der Waals surface area contributed by atoms with Gasteiger partial charge < -0.3 is 24.8 Å². The standard InChI is InChI=1S/C35H44N6O3/c1-4-28-24-40(34(43)35(15-10-16-35)26-12-7-6-8-13-26)19-20-41(28)29-21-30(44-5-2)31(25-11-9-17-36-22-25)38-32(29)33(42)37-27-14-18-39(3)23-27/h6-9,11-13,17,21-22,27-28H,4-5,10,14-16,18-20,23-24H2,1-3H3,(H,37,42)/t27-,28-/m1/s1. The predicted molar refractivity (Wildman–Crippen MR) is 172 cm³/mol. The fourth-order valence-electron chi connectivity index (χ4n) is 7.08. The zero-order valence-electron chi connectivity index (χ0n) is 26.2.